The van der Waals surface area contributed by atoms with Gasteiger partial charge in [0, 0.05) is 12.3 Å². The SMILES string of the molecule is CS(=O)(=O)c1ccc(C(N)CC2CCNC2)cc1. The average molecular weight is 268 g/mol. The van der Waals surface area contributed by atoms with Crippen molar-refractivity contribution < 1.29 is 8.42 Å². The predicted molar refractivity (Wildman–Crippen MR) is 72.1 cm³/mol. The van der Waals surface area contributed by atoms with E-state index in [4.69, 9.17) is 5.73 Å². The van der Waals surface area contributed by atoms with Crippen molar-refractivity contribution in [3.63, 3.8) is 0 Å². The first-order valence-corrected chi connectivity index (χ1v) is 8.12. The predicted octanol–water partition coefficient (Wildman–Crippen LogP) is 1.09. The van der Waals surface area contributed by atoms with Gasteiger partial charge in [0.1, 0.15) is 0 Å². The van der Waals surface area contributed by atoms with Crippen LogP contribution in [0.5, 0.6) is 0 Å². The summed E-state index contributed by atoms with van der Waals surface area (Å²) >= 11 is 0. The Balaban J connectivity index is 2.04. The van der Waals surface area contributed by atoms with Crippen LogP contribution in [0, 0.1) is 5.92 Å². The summed E-state index contributed by atoms with van der Waals surface area (Å²) in [7, 11) is -3.12. The molecule has 0 aromatic heterocycles. The fraction of sp³-hybridized carbons (Fsp3) is 0.538. The van der Waals surface area contributed by atoms with Gasteiger partial charge in [0.15, 0.2) is 9.84 Å². The van der Waals surface area contributed by atoms with Gasteiger partial charge >= 0.3 is 0 Å². The Bertz CT molecular complexity index is 490. The van der Waals surface area contributed by atoms with Crippen molar-refractivity contribution in [3.8, 4) is 0 Å². The van der Waals surface area contributed by atoms with Crippen LogP contribution in [0.4, 0.5) is 0 Å². The number of nitrogens with two attached hydrogens (primary N) is 1. The van der Waals surface area contributed by atoms with Crippen LogP contribution in [0.25, 0.3) is 0 Å². The zero-order valence-corrected chi connectivity index (χ0v) is 11.4. The maximum Gasteiger partial charge on any atom is 0.175 e. The Morgan fingerprint density at radius 3 is 2.56 bits per heavy atom. The molecule has 0 bridgehead atoms. The van der Waals surface area contributed by atoms with Crippen LogP contribution in [0.15, 0.2) is 29.2 Å². The molecule has 3 N–H and O–H groups in total. The van der Waals surface area contributed by atoms with Crippen LogP contribution in [-0.4, -0.2) is 27.8 Å². The molecule has 1 fully saturated rings. The van der Waals surface area contributed by atoms with E-state index in [1.807, 2.05) is 12.1 Å². The van der Waals surface area contributed by atoms with Gasteiger partial charge in [-0.3, -0.25) is 0 Å². The largest absolute Gasteiger partial charge is 0.324 e. The molecule has 1 saturated heterocycles. The molecule has 18 heavy (non-hydrogen) atoms. The summed E-state index contributed by atoms with van der Waals surface area (Å²) in [5, 5.41) is 3.32. The van der Waals surface area contributed by atoms with Gasteiger partial charge in [-0.1, -0.05) is 12.1 Å². The first-order valence-electron chi connectivity index (χ1n) is 6.23. The van der Waals surface area contributed by atoms with Gasteiger partial charge in [-0.05, 0) is 49.5 Å². The fourth-order valence-electron chi connectivity index (χ4n) is 2.37. The summed E-state index contributed by atoms with van der Waals surface area (Å²) in [5.74, 6) is 0.634. The van der Waals surface area contributed by atoms with Gasteiger partial charge in [-0.25, -0.2) is 8.42 Å². The second kappa shape index (κ2) is 5.38. The lowest BCUT2D eigenvalue weighted by Gasteiger charge is -2.16. The third kappa shape index (κ3) is 3.31. The van der Waals surface area contributed by atoms with Crippen molar-refractivity contribution in [2.75, 3.05) is 19.3 Å². The molecular formula is C13H20N2O2S. The van der Waals surface area contributed by atoms with Gasteiger partial charge < -0.3 is 11.1 Å². The molecule has 100 valence electrons. The molecule has 0 aliphatic carbocycles. The zero-order valence-electron chi connectivity index (χ0n) is 10.6. The Morgan fingerprint density at radius 1 is 1.39 bits per heavy atom. The monoisotopic (exact) mass is 268 g/mol. The van der Waals surface area contributed by atoms with E-state index in [2.05, 4.69) is 5.32 Å². The molecule has 5 heteroatoms. The molecule has 0 amide bonds. The van der Waals surface area contributed by atoms with Gasteiger partial charge in [0.2, 0.25) is 0 Å². The van der Waals surface area contributed by atoms with Gasteiger partial charge in [0.25, 0.3) is 0 Å². The molecule has 1 aliphatic heterocycles. The molecule has 1 aromatic carbocycles. The highest BCUT2D eigenvalue weighted by molar-refractivity contribution is 7.90. The van der Waals surface area contributed by atoms with Crippen LogP contribution in [-0.2, 0) is 9.84 Å². The third-order valence-electron chi connectivity index (χ3n) is 3.49. The number of benzene rings is 1. The standard InChI is InChI=1S/C13H20N2O2S/c1-18(16,17)12-4-2-11(3-5-12)13(14)8-10-6-7-15-9-10/h2-5,10,13,15H,6-9,14H2,1H3. The van der Waals surface area contributed by atoms with Gasteiger partial charge in [-0.2, -0.15) is 0 Å². The van der Waals surface area contributed by atoms with Crippen LogP contribution >= 0.6 is 0 Å². The van der Waals surface area contributed by atoms with Crippen molar-refractivity contribution in [2.45, 2.75) is 23.8 Å². The first-order chi connectivity index (χ1) is 8.47. The van der Waals surface area contributed by atoms with E-state index in [-0.39, 0.29) is 6.04 Å². The number of hydrogen-bond acceptors (Lipinski definition) is 4. The van der Waals surface area contributed by atoms with E-state index in [1.54, 1.807) is 12.1 Å². The Hall–Kier alpha value is -0.910. The van der Waals surface area contributed by atoms with E-state index in [9.17, 15) is 8.42 Å². The lowest BCUT2D eigenvalue weighted by atomic mass is 9.95. The molecule has 0 spiro atoms. The maximum atomic E-state index is 11.4. The minimum Gasteiger partial charge on any atom is -0.324 e. The molecule has 1 aliphatic rings. The molecule has 0 saturated carbocycles. The molecule has 0 radical (unpaired) electrons. The smallest absolute Gasteiger partial charge is 0.175 e. The van der Waals surface area contributed by atoms with Crippen molar-refractivity contribution in [3.05, 3.63) is 29.8 Å². The van der Waals surface area contributed by atoms with Crippen molar-refractivity contribution in [1.29, 1.82) is 0 Å². The molecule has 1 heterocycles. The second-order valence-electron chi connectivity index (χ2n) is 5.04. The van der Waals surface area contributed by atoms with E-state index < -0.39 is 9.84 Å². The highest BCUT2D eigenvalue weighted by Crippen LogP contribution is 2.23. The Morgan fingerprint density at radius 2 is 2.06 bits per heavy atom. The molecule has 2 unspecified atom stereocenters. The zero-order chi connectivity index (χ0) is 13.2. The summed E-state index contributed by atoms with van der Waals surface area (Å²) in [6.07, 6.45) is 3.34. The van der Waals surface area contributed by atoms with Crippen LogP contribution in [0.3, 0.4) is 0 Å². The number of hydrogen-bond donors (Lipinski definition) is 2. The Labute approximate surface area is 108 Å². The van der Waals surface area contributed by atoms with Crippen LogP contribution in [0.2, 0.25) is 0 Å². The molecule has 2 atom stereocenters. The maximum absolute atomic E-state index is 11.4. The average Bonchev–Trinajstić information content (AvgIpc) is 2.81. The van der Waals surface area contributed by atoms with Gasteiger partial charge in [0.05, 0.1) is 4.90 Å². The topological polar surface area (TPSA) is 72.2 Å². The van der Waals surface area contributed by atoms with E-state index in [1.165, 1.54) is 12.7 Å². The minimum absolute atomic E-state index is 0.0106. The molecule has 1 aromatic rings. The lowest BCUT2D eigenvalue weighted by Crippen LogP contribution is -2.17. The molecule has 2 rings (SSSR count). The quantitative estimate of drug-likeness (QED) is 0.857. The normalized spacial score (nSPS) is 22.0. The summed E-state index contributed by atoms with van der Waals surface area (Å²) in [4.78, 5) is 0.348. The number of nitrogens with one attached hydrogen (secondary N) is 1. The highest BCUT2D eigenvalue weighted by Gasteiger charge is 2.18. The second-order valence-corrected chi connectivity index (χ2v) is 7.06. The summed E-state index contributed by atoms with van der Waals surface area (Å²) in [6, 6.07) is 6.91. The van der Waals surface area contributed by atoms with E-state index in [0.29, 0.717) is 10.8 Å². The number of sulfone groups is 1. The number of rotatable bonds is 4. The van der Waals surface area contributed by atoms with Crippen LogP contribution < -0.4 is 11.1 Å². The van der Waals surface area contributed by atoms with Gasteiger partial charge in [-0.15, -0.1) is 0 Å². The van der Waals surface area contributed by atoms with E-state index >= 15 is 0 Å². The molecular weight excluding hydrogens is 248 g/mol. The summed E-state index contributed by atoms with van der Waals surface area (Å²) in [6.45, 7) is 2.11. The molecule has 4 nitrogen and oxygen atoms in total. The summed E-state index contributed by atoms with van der Waals surface area (Å²) < 4.78 is 22.7. The van der Waals surface area contributed by atoms with E-state index in [0.717, 1.165) is 25.1 Å². The van der Waals surface area contributed by atoms with Crippen molar-refractivity contribution in [1.82, 2.24) is 5.32 Å². The van der Waals surface area contributed by atoms with Crippen molar-refractivity contribution in [2.24, 2.45) is 11.7 Å². The van der Waals surface area contributed by atoms with Crippen LogP contribution in [0.1, 0.15) is 24.4 Å². The lowest BCUT2D eigenvalue weighted by molar-refractivity contribution is 0.473. The minimum atomic E-state index is -3.12. The summed E-state index contributed by atoms with van der Waals surface area (Å²) in [5.41, 5.74) is 7.17. The van der Waals surface area contributed by atoms with Crippen molar-refractivity contribution >= 4 is 9.84 Å². The fourth-order valence-corrected chi connectivity index (χ4v) is 3.00. The Kier molecular flexibility index (Phi) is 4.04. The first kappa shape index (κ1) is 13.5. The highest BCUT2D eigenvalue weighted by atomic mass is 32.2. The third-order valence-corrected chi connectivity index (χ3v) is 4.61.